The Morgan fingerprint density at radius 1 is 1.22 bits per heavy atom. The van der Waals surface area contributed by atoms with Crippen LogP contribution in [0.4, 0.5) is 5.95 Å². The van der Waals surface area contributed by atoms with Gasteiger partial charge in [-0.3, -0.25) is 4.79 Å². The Morgan fingerprint density at radius 3 is 2.81 bits per heavy atom. The molecule has 1 aliphatic heterocycles. The maximum atomic E-state index is 13.1. The third-order valence-electron chi connectivity index (χ3n) is 5.24. The van der Waals surface area contributed by atoms with Crippen molar-refractivity contribution in [3.63, 3.8) is 0 Å². The molecule has 1 aliphatic carbocycles. The predicted molar refractivity (Wildman–Crippen MR) is 97.5 cm³/mol. The van der Waals surface area contributed by atoms with Gasteiger partial charge < -0.3 is 14.5 Å². The number of aromatic nitrogens is 3. The fourth-order valence-electron chi connectivity index (χ4n) is 3.97. The summed E-state index contributed by atoms with van der Waals surface area (Å²) >= 11 is 0. The van der Waals surface area contributed by atoms with E-state index in [1.807, 2.05) is 36.4 Å². The summed E-state index contributed by atoms with van der Waals surface area (Å²) in [6.45, 7) is 0. The lowest BCUT2D eigenvalue weighted by molar-refractivity contribution is -0.117. The van der Waals surface area contributed by atoms with Gasteiger partial charge in [-0.1, -0.05) is 12.1 Å². The number of methoxy groups -OCH3 is 1. The van der Waals surface area contributed by atoms with Gasteiger partial charge in [-0.05, 0) is 36.2 Å². The summed E-state index contributed by atoms with van der Waals surface area (Å²) in [6, 6.07) is 11.2. The molecule has 0 bridgehead atoms. The van der Waals surface area contributed by atoms with E-state index in [0.29, 0.717) is 18.8 Å². The molecule has 1 aromatic carbocycles. The zero-order valence-corrected chi connectivity index (χ0v) is 14.8. The lowest BCUT2D eigenvalue weighted by Crippen LogP contribution is -2.33. The lowest BCUT2D eigenvalue weighted by Gasteiger charge is -2.34. The second-order valence-corrected chi connectivity index (χ2v) is 6.76. The summed E-state index contributed by atoms with van der Waals surface area (Å²) in [5.74, 6) is 2.39. The van der Waals surface area contributed by atoms with Crippen LogP contribution in [0.25, 0.3) is 0 Å². The zero-order valence-electron chi connectivity index (χ0n) is 14.8. The molecule has 2 atom stereocenters. The summed E-state index contributed by atoms with van der Waals surface area (Å²) < 4.78 is 12.6. The number of furan rings is 1. The number of nitrogens with one attached hydrogen (secondary N) is 1. The maximum absolute atomic E-state index is 13.1. The molecule has 5 rings (SSSR count). The highest BCUT2D eigenvalue weighted by molar-refractivity contribution is 6.00. The van der Waals surface area contributed by atoms with Crippen LogP contribution in [0.5, 0.6) is 5.75 Å². The summed E-state index contributed by atoms with van der Waals surface area (Å²) in [7, 11) is 1.63. The standard InChI is InChI=1S/C20H18N4O3/c1-26-14-6-4-12(5-7-14)19-18-15(23-20-21-11-22-24(19)20)9-13(10-16(18)25)17-3-2-8-27-17/h2-8,11,13,19H,9-10H2,1H3,(H,21,22,23)/t13-,19+/m1/s1. The summed E-state index contributed by atoms with van der Waals surface area (Å²) in [5.41, 5.74) is 2.62. The van der Waals surface area contributed by atoms with Gasteiger partial charge in [-0.15, -0.1) is 0 Å². The molecule has 136 valence electrons. The minimum atomic E-state index is -0.297. The monoisotopic (exact) mass is 362 g/mol. The predicted octanol–water partition coefficient (Wildman–Crippen LogP) is 3.30. The Balaban J connectivity index is 1.60. The van der Waals surface area contributed by atoms with Gasteiger partial charge in [0.25, 0.3) is 0 Å². The van der Waals surface area contributed by atoms with E-state index in [1.165, 1.54) is 6.33 Å². The molecule has 0 saturated heterocycles. The maximum Gasteiger partial charge on any atom is 0.226 e. The largest absolute Gasteiger partial charge is 0.497 e. The first-order valence-electron chi connectivity index (χ1n) is 8.84. The quantitative estimate of drug-likeness (QED) is 0.770. The van der Waals surface area contributed by atoms with Gasteiger partial charge >= 0.3 is 0 Å². The van der Waals surface area contributed by atoms with Crippen molar-refractivity contribution in [1.29, 1.82) is 0 Å². The third-order valence-corrected chi connectivity index (χ3v) is 5.24. The first-order valence-corrected chi connectivity index (χ1v) is 8.84. The van der Waals surface area contributed by atoms with Gasteiger partial charge in [-0.25, -0.2) is 4.68 Å². The van der Waals surface area contributed by atoms with Crippen molar-refractivity contribution in [2.75, 3.05) is 12.4 Å². The Labute approximate surface area is 155 Å². The number of hydrogen-bond donors (Lipinski definition) is 1. The molecule has 27 heavy (non-hydrogen) atoms. The third kappa shape index (κ3) is 2.54. The van der Waals surface area contributed by atoms with Gasteiger partial charge in [0.05, 0.1) is 13.4 Å². The molecule has 2 aromatic heterocycles. The van der Waals surface area contributed by atoms with Gasteiger partial charge in [0.15, 0.2) is 5.78 Å². The topological polar surface area (TPSA) is 82.2 Å². The Hall–Kier alpha value is -3.35. The van der Waals surface area contributed by atoms with E-state index in [0.717, 1.165) is 28.3 Å². The second kappa shape index (κ2) is 6.12. The lowest BCUT2D eigenvalue weighted by atomic mass is 9.79. The summed E-state index contributed by atoms with van der Waals surface area (Å²) in [6.07, 6.45) is 4.28. The number of nitrogens with zero attached hydrogens (tertiary/aromatic N) is 3. The number of ether oxygens (including phenoxy) is 1. The van der Waals surface area contributed by atoms with Crippen LogP contribution in [0, 0.1) is 0 Å². The average molecular weight is 362 g/mol. The van der Waals surface area contributed by atoms with E-state index in [2.05, 4.69) is 15.4 Å². The van der Waals surface area contributed by atoms with Crippen LogP contribution in [0.2, 0.25) is 0 Å². The minimum Gasteiger partial charge on any atom is -0.497 e. The highest BCUT2D eigenvalue weighted by Crippen LogP contribution is 2.43. The molecule has 0 unspecified atom stereocenters. The smallest absolute Gasteiger partial charge is 0.226 e. The highest BCUT2D eigenvalue weighted by Gasteiger charge is 2.39. The Bertz CT molecular complexity index is 1020. The molecule has 0 fully saturated rings. The van der Waals surface area contributed by atoms with E-state index < -0.39 is 0 Å². The van der Waals surface area contributed by atoms with Crippen molar-refractivity contribution < 1.29 is 13.9 Å². The van der Waals surface area contributed by atoms with Gasteiger partial charge in [0.1, 0.15) is 23.9 Å². The van der Waals surface area contributed by atoms with Crippen LogP contribution in [-0.2, 0) is 4.79 Å². The number of carbonyl (C=O) groups excluding carboxylic acids is 1. The first-order chi connectivity index (χ1) is 13.2. The number of benzene rings is 1. The summed E-state index contributed by atoms with van der Waals surface area (Å²) in [5, 5.41) is 7.66. The minimum absolute atomic E-state index is 0.0322. The number of Topliss-reactive ketones (excluding diaryl/α,β-unsaturated/α-hetero) is 1. The van der Waals surface area contributed by atoms with Gasteiger partial charge in [0.2, 0.25) is 5.95 Å². The van der Waals surface area contributed by atoms with Gasteiger partial charge in [0, 0.05) is 23.6 Å². The first kappa shape index (κ1) is 15.9. The zero-order chi connectivity index (χ0) is 18.4. The van der Waals surface area contributed by atoms with Crippen molar-refractivity contribution in [3.05, 3.63) is 71.6 Å². The molecule has 0 saturated carbocycles. The molecule has 7 nitrogen and oxygen atoms in total. The fourth-order valence-corrected chi connectivity index (χ4v) is 3.97. The fraction of sp³-hybridized carbons (Fsp3) is 0.250. The molecular formula is C20H18N4O3. The van der Waals surface area contributed by atoms with Crippen molar-refractivity contribution in [3.8, 4) is 5.75 Å². The average Bonchev–Trinajstić information content (AvgIpc) is 3.38. The molecule has 7 heteroatoms. The molecule has 0 radical (unpaired) electrons. The van der Waals surface area contributed by atoms with E-state index in [-0.39, 0.29) is 17.7 Å². The molecule has 3 aromatic rings. The van der Waals surface area contributed by atoms with Crippen LogP contribution in [0.1, 0.15) is 36.1 Å². The number of rotatable bonds is 3. The van der Waals surface area contributed by atoms with Crippen molar-refractivity contribution in [2.45, 2.75) is 24.8 Å². The Morgan fingerprint density at radius 2 is 2.07 bits per heavy atom. The number of ketones is 1. The molecule has 0 amide bonds. The van der Waals surface area contributed by atoms with Crippen LogP contribution in [0.3, 0.4) is 0 Å². The molecule has 2 aliphatic rings. The summed E-state index contributed by atoms with van der Waals surface area (Å²) in [4.78, 5) is 17.5. The normalized spacial score (nSPS) is 21.4. The van der Waals surface area contributed by atoms with Gasteiger partial charge in [-0.2, -0.15) is 10.1 Å². The van der Waals surface area contributed by atoms with E-state index in [1.54, 1.807) is 18.1 Å². The van der Waals surface area contributed by atoms with Crippen molar-refractivity contribution >= 4 is 11.7 Å². The number of fused-ring (bicyclic) bond motifs is 1. The number of allylic oxidation sites excluding steroid dienone is 2. The molecule has 1 N–H and O–H groups in total. The van der Waals surface area contributed by atoms with Crippen molar-refractivity contribution in [2.24, 2.45) is 0 Å². The SMILES string of the molecule is COc1ccc([C@H]2C3=C(C[C@@H](c4ccco4)CC3=O)Nc3ncnn32)cc1. The van der Waals surface area contributed by atoms with Crippen LogP contribution in [0.15, 0.2) is 64.7 Å². The van der Waals surface area contributed by atoms with E-state index in [9.17, 15) is 4.79 Å². The van der Waals surface area contributed by atoms with Crippen molar-refractivity contribution in [1.82, 2.24) is 14.8 Å². The van der Waals surface area contributed by atoms with E-state index >= 15 is 0 Å². The van der Waals surface area contributed by atoms with Crippen LogP contribution < -0.4 is 10.1 Å². The van der Waals surface area contributed by atoms with Crippen LogP contribution in [-0.4, -0.2) is 27.7 Å². The molecule has 3 heterocycles. The number of carbonyl (C=O) groups is 1. The van der Waals surface area contributed by atoms with Crippen LogP contribution >= 0.6 is 0 Å². The molecular weight excluding hydrogens is 344 g/mol. The highest BCUT2D eigenvalue weighted by atomic mass is 16.5. The number of hydrogen-bond acceptors (Lipinski definition) is 6. The number of anilines is 1. The Kier molecular flexibility index (Phi) is 3.60. The molecule has 0 spiro atoms. The van der Waals surface area contributed by atoms with E-state index in [4.69, 9.17) is 9.15 Å². The second-order valence-electron chi connectivity index (χ2n) is 6.76.